The average molecular weight is 495 g/mol. The van der Waals surface area contributed by atoms with Gasteiger partial charge in [-0.25, -0.2) is 9.97 Å². The number of aromatic amines is 2. The molecule has 176 valence electrons. The van der Waals surface area contributed by atoms with Crippen LogP contribution in [0, 0.1) is 13.8 Å². The zero-order valence-corrected chi connectivity index (χ0v) is 20.8. The topological polar surface area (TPSA) is 98.0 Å². The van der Waals surface area contributed by atoms with Gasteiger partial charge in [-0.05, 0) is 49.2 Å². The monoisotopic (exact) mass is 494 g/mol. The van der Waals surface area contributed by atoms with Gasteiger partial charge in [0.2, 0.25) is 11.8 Å². The summed E-state index contributed by atoms with van der Waals surface area (Å²) in [5, 5.41) is 1.50. The van der Waals surface area contributed by atoms with Gasteiger partial charge in [0.05, 0.1) is 33.6 Å². The molecule has 2 N–H and O–H groups in total. The van der Waals surface area contributed by atoms with Crippen molar-refractivity contribution in [1.29, 1.82) is 0 Å². The summed E-state index contributed by atoms with van der Waals surface area (Å²) in [7, 11) is 0. The maximum Gasteiger partial charge on any atom is 0.233 e. The molecule has 2 aromatic carbocycles. The lowest BCUT2D eigenvalue weighted by Gasteiger charge is -2.34. The van der Waals surface area contributed by atoms with E-state index < -0.39 is 0 Å². The Kier molecular flexibility index (Phi) is 6.51. The molecule has 5 rings (SSSR count). The highest BCUT2D eigenvalue weighted by atomic mass is 32.2. The van der Waals surface area contributed by atoms with E-state index in [9.17, 15) is 9.59 Å². The maximum absolute atomic E-state index is 12.7. The van der Waals surface area contributed by atoms with Gasteiger partial charge in [0.25, 0.3) is 0 Å². The molecule has 0 radical (unpaired) electrons. The van der Waals surface area contributed by atoms with E-state index in [1.165, 1.54) is 34.7 Å². The van der Waals surface area contributed by atoms with E-state index in [-0.39, 0.29) is 11.8 Å². The van der Waals surface area contributed by atoms with Crippen molar-refractivity contribution < 1.29 is 9.59 Å². The summed E-state index contributed by atoms with van der Waals surface area (Å²) < 4.78 is 0. The van der Waals surface area contributed by atoms with Gasteiger partial charge in [0.1, 0.15) is 0 Å². The lowest BCUT2D eigenvalue weighted by molar-refractivity contribution is -0.136. The second-order valence-electron chi connectivity index (χ2n) is 8.46. The van der Waals surface area contributed by atoms with Crippen molar-refractivity contribution >= 4 is 57.4 Å². The number of carbonyl (C=O) groups is 2. The van der Waals surface area contributed by atoms with Crippen molar-refractivity contribution in [3.8, 4) is 0 Å². The van der Waals surface area contributed by atoms with Gasteiger partial charge in [-0.2, -0.15) is 0 Å². The highest BCUT2D eigenvalue weighted by Gasteiger charge is 2.24. The van der Waals surface area contributed by atoms with Crippen LogP contribution in [0.5, 0.6) is 0 Å². The Bertz CT molecular complexity index is 1250. The average Bonchev–Trinajstić information content (AvgIpc) is 3.43. The predicted molar refractivity (Wildman–Crippen MR) is 136 cm³/mol. The summed E-state index contributed by atoms with van der Waals surface area (Å²) >= 11 is 2.83. The molecule has 0 bridgehead atoms. The molecule has 4 aromatic rings. The molecule has 10 heteroatoms. The van der Waals surface area contributed by atoms with Gasteiger partial charge in [-0.15, -0.1) is 0 Å². The third-order valence-corrected chi connectivity index (χ3v) is 7.60. The van der Waals surface area contributed by atoms with Crippen LogP contribution in [0.1, 0.15) is 11.1 Å². The summed E-state index contributed by atoms with van der Waals surface area (Å²) in [4.78, 5) is 44.7. The minimum Gasteiger partial charge on any atom is -0.338 e. The first kappa shape index (κ1) is 22.8. The molecular weight excluding hydrogens is 468 g/mol. The maximum atomic E-state index is 12.7. The molecule has 34 heavy (non-hydrogen) atoms. The number of amides is 2. The summed E-state index contributed by atoms with van der Waals surface area (Å²) in [6, 6.07) is 12.1. The van der Waals surface area contributed by atoms with Crippen molar-refractivity contribution in [2.45, 2.75) is 24.2 Å². The number of piperazine rings is 1. The number of carbonyl (C=O) groups excluding carboxylic acids is 2. The van der Waals surface area contributed by atoms with Crippen LogP contribution in [0.2, 0.25) is 0 Å². The first-order valence-electron chi connectivity index (χ1n) is 11.2. The largest absolute Gasteiger partial charge is 0.338 e. The van der Waals surface area contributed by atoms with Crippen LogP contribution < -0.4 is 0 Å². The molecule has 1 aliphatic rings. The summed E-state index contributed by atoms with van der Waals surface area (Å²) in [6.45, 7) is 6.30. The molecule has 0 aliphatic carbocycles. The lowest BCUT2D eigenvalue weighted by atomic mass is 10.2. The second kappa shape index (κ2) is 9.71. The van der Waals surface area contributed by atoms with E-state index in [0.717, 1.165) is 32.4 Å². The third-order valence-electron chi connectivity index (χ3n) is 5.88. The number of aromatic nitrogens is 4. The Morgan fingerprint density at radius 1 is 0.765 bits per heavy atom. The molecule has 8 nitrogen and oxygen atoms in total. The molecular formula is C24H26N6O2S2. The first-order chi connectivity index (χ1) is 16.4. The predicted octanol–water partition coefficient (Wildman–Crippen LogP) is 3.61. The number of benzene rings is 2. The Hall–Kier alpha value is -2.98. The molecule has 3 heterocycles. The molecule has 0 saturated carbocycles. The number of nitrogens with one attached hydrogen (secondary N) is 2. The number of H-pyrrole nitrogens is 2. The van der Waals surface area contributed by atoms with Gasteiger partial charge in [-0.3, -0.25) is 9.59 Å². The van der Waals surface area contributed by atoms with Crippen molar-refractivity contribution in [1.82, 2.24) is 29.7 Å². The lowest BCUT2D eigenvalue weighted by Crippen LogP contribution is -2.51. The van der Waals surface area contributed by atoms with E-state index in [4.69, 9.17) is 0 Å². The number of aryl methyl sites for hydroxylation is 2. The van der Waals surface area contributed by atoms with Crippen LogP contribution in [0.3, 0.4) is 0 Å². The van der Waals surface area contributed by atoms with Crippen LogP contribution in [-0.4, -0.2) is 79.2 Å². The second-order valence-corrected chi connectivity index (χ2v) is 10.4. The SMILES string of the molecule is Cc1ccc2nc(SCC(=O)N3CCN(C(=O)CSc4nc5ccc(C)cc5[nH]4)CC3)[nH]c2c1. The number of nitrogens with zero attached hydrogens (tertiary/aromatic N) is 4. The fourth-order valence-corrected chi connectivity index (χ4v) is 5.56. The van der Waals surface area contributed by atoms with Gasteiger partial charge >= 0.3 is 0 Å². The normalized spacial score (nSPS) is 14.3. The number of rotatable bonds is 6. The Morgan fingerprint density at radius 3 is 1.59 bits per heavy atom. The van der Waals surface area contributed by atoms with Crippen molar-refractivity contribution in [2.24, 2.45) is 0 Å². The molecule has 1 fully saturated rings. The van der Waals surface area contributed by atoms with Gasteiger partial charge in [-0.1, -0.05) is 35.7 Å². The summed E-state index contributed by atoms with van der Waals surface area (Å²) in [5.74, 6) is 0.795. The summed E-state index contributed by atoms with van der Waals surface area (Å²) in [6.07, 6.45) is 0. The quantitative estimate of drug-likeness (QED) is 0.398. The van der Waals surface area contributed by atoms with Crippen molar-refractivity contribution in [3.05, 3.63) is 47.5 Å². The van der Waals surface area contributed by atoms with E-state index >= 15 is 0 Å². The van der Waals surface area contributed by atoms with Gasteiger partial charge in [0, 0.05) is 26.2 Å². The standard InChI is InChI=1S/C24H26N6O2S2/c1-15-3-5-17-19(11-15)27-23(25-17)33-13-21(31)29-7-9-30(10-8-29)22(32)14-34-24-26-18-6-4-16(2)12-20(18)28-24/h3-6,11-12H,7-10,13-14H2,1-2H3,(H,25,27)(H,26,28). The van der Waals surface area contributed by atoms with Crippen LogP contribution in [0.25, 0.3) is 22.1 Å². The molecule has 0 spiro atoms. The molecule has 1 aliphatic heterocycles. The van der Waals surface area contributed by atoms with E-state index in [2.05, 4.69) is 32.1 Å². The zero-order chi connectivity index (χ0) is 23.7. The number of hydrogen-bond donors (Lipinski definition) is 2. The van der Waals surface area contributed by atoms with E-state index in [0.29, 0.717) is 37.7 Å². The third kappa shape index (κ3) is 5.07. The van der Waals surface area contributed by atoms with Gasteiger partial charge in [0.15, 0.2) is 10.3 Å². The molecule has 1 saturated heterocycles. The van der Waals surface area contributed by atoms with Crippen LogP contribution in [0.4, 0.5) is 0 Å². The zero-order valence-electron chi connectivity index (χ0n) is 19.1. The van der Waals surface area contributed by atoms with Crippen molar-refractivity contribution in [2.75, 3.05) is 37.7 Å². The van der Waals surface area contributed by atoms with Crippen LogP contribution >= 0.6 is 23.5 Å². The highest BCUT2D eigenvalue weighted by molar-refractivity contribution is 8.00. The minimum atomic E-state index is 0.0701. The Morgan fingerprint density at radius 2 is 1.18 bits per heavy atom. The summed E-state index contributed by atoms with van der Waals surface area (Å²) in [5.41, 5.74) is 6.12. The molecule has 2 amide bonds. The smallest absolute Gasteiger partial charge is 0.233 e. The highest BCUT2D eigenvalue weighted by Crippen LogP contribution is 2.22. The number of thioether (sulfide) groups is 2. The van der Waals surface area contributed by atoms with Crippen LogP contribution in [0.15, 0.2) is 46.7 Å². The first-order valence-corrected chi connectivity index (χ1v) is 13.2. The van der Waals surface area contributed by atoms with E-state index in [1.807, 2.05) is 47.9 Å². The number of fused-ring (bicyclic) bond motifs is 2. The fraction of sp³-hybridized carbons (Fsp3) is 0.333. The molecule has 2 aromatic heterocycles. The van der Waals surface area contributed by atoms with Crippen molar-refractivity contribution in [3.63, 3.8) is 0 Å². The van der Waals surface area contributed by atoms with Gasteiger partial charge < -0.3 is 19.8 Å². The molecule has 0 atom stereocenters. The number of imidazole rings is 2. The number of hydrogen-bond acceptors (Lipinski definition) is 6. The molecule has 0 unspecified atom stereocenters. The fourth-order valence-electron chi connectivity index (χ4n) is 3.98. The Labute approximate surface area is 205 Å². The van der Waals surface area contributed by atoms with Crippen LogP contribution in [-0.2, 0) is 9.59 Å². The minimum absolute atomic E-state index is 0.0701. The van der Waals surface area contributed by atoms with E-state index in [1.54, 1.807) is 0 Å². The Balaban J connectivity index is 1.08.